The van der Waals surface area contributed by atoms with E-state index in [9.17, 15) is 0 Å². The van der Waals surface area contributed by atoms with E-state index in [1.54, 1.807) is 6.26 Å². The largest absolute Gasteiger partial charge is 0.493 e. The second kappa shape index (κ2) is 9.91. The number of hydrogen-bond donors (Lipinski definition) is 0. The smallest absolute Gasteiger partial charge is 0.206 e. The molecule has 1 aliphatic carbocycles. The Hall–Kier alpha value is -2.36. The van der Waals surface area contributed by atoms with Gasteiger partial charge in [0, 0.05) is 13.8 Å². The van der Waals surface area contributed by atoms with E-state index in [1.807, 2.05) is 44.2 Å². The SMILES string of the molecule is CCOc1cccc(OCC)c2c(C)[n+](Cc3ccco3)c(C)c1-2.[O-][Cl+3]([O-])([O-])[O-]. The van der Waals surface area contributed by atoms with Crippen molar-refractivity contribution in [2.24, 2.45) is 0 Å². The molecule has 2 heterocycles. The van der Waals surface area contributed by atoms with Gasteiger partial charge in [-0.05, 0) is 38.1 Å². The van der Waals surface area contributed by atoms with Crippen LogP contribution in [0.3, 0.4) is 0 Å². The molecule has 3 rings (SSSR count). The number of halogens is 1. The number of nitrogens with zero attached hydrogens (tertiary/aromatic N) is 1. The van der Waals surface area contributed by atoms with Gasteiger partial charge in [-0.15, -0.1) is 10.2 Å². The number of furan rings is 1. The minimum Gasteiger partial charge on any atom is -0.493 e. The number of aromatic nitrogens is 1. The van der Waals surface area contributed by atoms with Crippen molar-refractivity contribution in [3.05, 3.63) is 53.7 Å². The van der Waals surface area contributed by atoms with Gasteiger partial charge in [-0.25, -0.2) is 18.6 Å². The van der Waals surface area contributed by atoms with Crippen LogP contribution in [-0.2, 0) is 6.54 Å². The van der Waals surface area contributed by atoms with Crippen molar-refractivity contribution in [2.45, 2.75) is 34.2 Å². The fourth-order valence-corrected chi connectivity index (χ4v) is 3.22. The van der Waals surface area contributed by atoms with Crippen LogP contribution in [-0.4, -0.2) is 13.2 Å². The first kappa shape index (κ1) is 22.9. The van der Waals surface area contributed by atoms with Crippen molar-refractivity contribution in [1.82, 2.24) is 0 Å². The van der Waals surface area contributed by atoms with Gasteiger partial charge >= 0.3 is 0 Å². The third-order valence-electron chi connectivity index (χ3n) is 4.27. The third-order valence-corrected chi connectivity index (χ3v) is 4.27. The highest BCUT2D eigenvalue weighted by atomic mass is 35.7. The minimum absolute atomic E-state index is 0.630. The van der Waals surface area contributed by atoms with E-state index < -0.39 is 10.2 Å². The van der Waals surface area contributed by atoms with Crippen molar-refractivity contribution in [3.63, 3.8) is 0 Å². The normalized spacial score (nSPS) is 11.2. The monoisotopic (exact) mass is 425 g/mol. The average Bonchev–Trinajstić information content (AvgIpc) is 3.16. The maximum atomic E-state index is 8.49. The Labute approximate surface area is 171 Å². The summed E-state index contributed by atoms with van der Waals surface area (Å²) in [4.78, 5) is 0. The van der Waals surface area contributed by atoms with Gasteiger partial charge in [0.15, 0.2) is 17.1 Å². The van der Waals surface area contributed by atoms with Crippen LogP contribution in [0.5, 0.6) is 11.5 Å². The minimum atomic E-state index is -4.94. The lowest BCUT2D eigenvalue weighted by Crippen LogP contribution is -2.68. The molecule has 0 N–H and O–H groups in total. The van der Waals surface area contributed by atoms with Gasteiger partial charge < -0.3 is 13.9 Å². The highest BCUT2D eigenvalue weighted by Gasteiger charge is 2.32. The Kier molecular flexibility index (Phi) is 7.83. The van der Waals surface area contributed by atoms with E-state index in [-0.39, 0.29) is 0 Å². The molecule has 29 heavy (non-hydrogen) atoms. The molecule has 0 amide bonds. The summed E-state index contributed by atoms with van der Waals surface area (Å²) in [6.07, 6.45) is 1.71. The number of rotatable bonds is 6. The zero-order chi connectivity index (χ0) is 21.6. The molecule has 0 saturated carbocycles. The van der Waals surface area contributed by atoms with Crippen molar-refractivity contribution < 1.29 is 47.3 Å². The summed E-state index contributed by atoms with van der Waals surface area (Å²) in [5.41, 5.74) is 4.52. The van der Waals surface area contributed by atoms with Crippen molar-refractivity contribution in [2.75, 3.05) is 13.2 Å². The average molecular weight is 426 g/mol. The fraction of sp³-hybridized carbons (Fsp3) is 0.350. The number of hydrogen-bond acceptors (Lipinski definition) is 7. The summed E-state index contributed by atoms with van der Waals surface area (Å²) in [5.74, 6) is 2.70. The lowest BCUT2D eigenvalue weighted by atomic mass is 10.1. The van der Waals surface area contributed by atoms with Crippen molar-refractivity contribution in [3.8, 4) is 22.6 Å². The molecule has 0 fully saturated rings. The summed E-state index contributed by atoms with van der Waals surface area (Å²) in [6, 6.07) is 9.93. The molecule has 0 unspecified atom stereocenters. The predicted molar refractivity (Wildman–Crippen MR) is 92.9 cm³/mol. The molecular weight excluding hydrogens is 402 g/mol. The lowest BCUT2D eigenvalue weighted by Gasteiger charge is -2.17. The molecule has 2 aliphatic rings. The molecule has 1 aromatic rings. The maximum absolute atomic E-state index is 8.49. The zero-order valence-corrected chi connectivity index (χ0v) is 17.5. The molecule has 0 bridgehead atoms. The molecule has 0 radical (unpaired) electrons. The summed E-state index contributed by atoms with van der Waals surface area (Å²) < 4.78 is 53.6. The van der Waals surface area contributed by atoms with Crippen LogP contribution in [0.1, 0.15) is 31.0 Å². The van der Waals surface area contributed by atoms with Crippen molar-refractivity contribution >= 4 is 0 Å². The van der Waals surface area contributed by atoms with Crippen LogP contribution < -0.4 is 32.7 Å². The Bertz CT molecular complexity index is 838. The zero-order valence-electron chi connectivity index (χ0n) is 16.8. The maximum Gasteiger partial charge on any atom is 0.206 e. The van der Waals surface area contributed by atoms with E-state index in [1.165, 1.54) is 0 Å². The van der Waals surface area contributed by atoms with E-state index in [2.05, 4.69) is 18.4 Å². The molecule has 8 nitrogen and oxygen atoms in total. The molecule has 1 aromatic heterocycles. The van der Waals surface area contributed by atoms with Crippen LogP contribution in [0.25, 0.3) is 11.1 Å². The predicted octanol–water partition coefficient (Wildman–Crippen LogP) is -0.622. The molecule has 0 aromatic carbocycles. The van der Waals surface area contributed by atoms with E-state index >= 15 is 0 Å². The Balaban J connectivity index is 0.000000537. The van der Waals surface area contributed by atoms with Crippen LogP contribution in [0.4, 0.5) is 0 Å². The lowest BCUT2D eigenvalue weighted by molar-refractivity contribution is -2.00. The van der Waals surface area contributed by atoms with Crippen molar-refractivity contribution in [1.29, 1.82) is 0 Å². The fourth-order valence-electron chi connectivity index (χ4n) is 3.22. The van der Waals surface area contributed by atoms with Gasteiger partial charge in [0.1, 0.15) is 22.6 Å². The van der Waals surface area contributed by atoms with Crippen LogP contribution in [0.15, 0.2) is 41.0 Å². The second-order valence-electron chi connectivity index (χ2n) is 6.08. The molecule has 158 valence electrons. The standard InChI is InChI=1S/C20H24NO3.ClHO4/c1-5-22-17-10-7-11-18(23-6-2)20-15(4)21(14(3)19(17)20)13-16-9-8-12-24-16;2-1(3,4)5/h7-12H,5-6,13H2,1-4H3;(H,2,3,4,5)/q+1;/p-1. The summed E-state index contributed by atoms with van der Waals surface area (Å²) in [6.45, 7) is 10.2. The van der Waals surface area contributed by atoms with Crippen LogP contribution in [0, 0.1) is 24.1 Å². The Morgan fingerprint density at radius 1 is 0.862 bits per heavy atom. The summed E-state index contributed by atoms with van der Waals surface area (Å²) in [5, 5.41) is 0. The number of fused-ring (bicyclic) bond motifs is 1. The molecule has 0 atom stereocenters. The van der Waals surface area contributed by atoms with Crippen LogP contribution >= 0.6 is 0 Å². The van der Waals surface area contributed by atoms with E-state index in [0.717, 1.165) is 39.8 Å². The molecule has 9 heteroatoms. The van der Waals surface area contributed by atoms with Gasteiger partial charge in [0.2, 0.25) is 6.54 Å². The van der Waals surface area contributed by atoms with Gasteiger partial charge in [0.05, 0.1) is 19.5 Å². The van der Waals surface area contributed by atoms with Crippen LogP contribution in [0.2, 0.25) is 0 Å². The first-order chi connectivity index (χ1) is 13.7. The van der Waals surface area contributed by atoms with Gasteiger partial charge in [0.25, 0.3) is 0 Å². The first-order valence-corrected chi connectivity index (χ1v) is 10.3. The molecule has 0 saturated heterocycles. The van der Waals surface area contributed by atoms with E-state index in [4.69, 9.17) is 32.5 Å². The molecular formula is C20H24ClNO7. The summed E-state index contributed by atoms with van der Waals surface area (Å²) >= 11 is 0. The van der Waals surface area contributed by atoms with Gasteiger partial charge in [-0.1, -0.05) is 6.07 Å². The third kappa shape index (κ3) is 6.06. The topological polar surface area (TPSA) is 128 Å². The highest BCUT2D eigenvalue weighted by molar-refractivity contribution is 5.79. The Morgan fingerprint density at radius 3 is 1.72 bits per heavy atom. The van der Waals surface area contributed by atoms with E-state index in [0.29, 0.717) is 19.8 Å². The quantitative estimate of drug-likeness (QED) is 0.481. The number of ether oxygens (including phenoxy) is 2. The Morgan fingerprint density at radius 2 is 1.34 bits per heavy atom. The molecule has 1 aliphatic heterocycles. The van der Waals surface area contributed by atoms with Gasteiger partial charge in [-0.3, -0.25) is 0 Å². The van der Waals surface area contributed by atoms with Gasteiger partial charge in [-0.2, -0.15) is 4.57 Å². The highest BCUT2D eigenvalue weighted by Crippen LogP contribution is 2.41. The second-order valence-corrected chi connectivity index (χ2v) is 6.84. The summed E-state index contributed by atoms with van der Waals surface area (Å²) in [7, 11) is -4.94. The molecule has 0 spiro atoms. The first-order valence-electron chi connectivity index (χ1n) is 9.02.